The first kappa shape index (κ1) is 29.3. The van der Waals surface area contributed by atoms with Gasteiger partial charge in [-0.3, -0.25) is 4.79 Å². The number of likely N-dealkylation sites (tertiary alicyclic amines) is 1. The Hall–Kier alpha value is -5.46. The Balaban J connectivity index is 1.07. The average molecular weight is 616 g/mol. The fraction of sp³-hybridized carbons (Fsp3) is 0.235. The van der Waals surface area contributed by atoms with Gasteiger partial charge in [-0.05, 0) is 72.6 Å². The Morgan fingerprint density at radius 3 is 2.15 bits per heavy atom. The molecule has 46 heavy (non-hydrogen) atoms. The number of carbonyl (C=O) groups is 2. The van der Waals surface area contributed by atoms with Gasteiger partial charge in [-0.25, -0.2) is 24.7 Å². The van der Waals surface area contributed by atoms with Gasteiger partial charge >= 0.3 is 6.03 Å². The number of carbonyl (C=O) groups excluding carboxylic acids is 2. The molecule has 2 aromatic heterocycles. The smallest absolute Gasteiger partial charge is 0.323 e. The summed E-state index contributed by atoms with van der Waals surface area (Å²) in [6.45, 7) is 3.98. The quantitative estimate of drug-likeness (QED) is 0.252. The number of nitrogens with zero attached hydrogens (tertiary/aromatic N) is 6. The van der Waals surface area contributed by atoms with Crippen LogP contribution in [0.15, 0.2) is 85.5 Å². The Bertz CT molecular complexity index is 1860. The van der Waals surface area contributed by atoms with E-state index in [-0.39, 0.29) is 11.9 Å². The highest BCUT2D eigenvalue weighted by molar-refractivity contribution is 6.01. The van der Waals surface area contributed by atoms with Crippen molar-refractivity contribution in [3.05, 3.63) is 91.0 Å². The van der Waals surface area contributed by atoms with Crippen LogP contribution in [0.4, 0.5) is 22.0 Å². The van der Waals surface area contributed by atoms with Gasteiger partial charge in [0.2, 0.25) is 0 Å². The molecule has 0 radical (unpaired) electrons. The van der Waals surface area contributed by atoms with E-state index in [1.807, 2.05) is 42.5 Å². The molecule has 0 spiro atoms. The second-order valence-corrected chi connectivity index (χ2v) is 11.4. The third kappa shape index (κ3) is 6.34. The first-order valence-corrected chi connectivity index (χ1v) is 15.2. The van der Waals surface area contributed by atoms with Crippen LogP contribution in [0.25, 0.3) is 33.4 Å². The maximum atomic E-state index is 12.8. The maximum Gasteiger partial charge on any atom is 0.323 e. The number of hydrogen-bond donors (Lipinski definition) is 3. The number of anilines is 3. The molecule has 2 aliphatic heterocycles. The maximum absolute atomic E-state index is 12.8. The fourth-order valence-electron chi connectivity index (χ4n) is 5.73. The number of fused-ring (bicyclic) bond motifs is 1. The molecule has 1 atom stereocenters. The van der Waals surface area contributed by atoms with E-state index in [0.717, 1.165) is 52.9 Å². The van der Waals surface area contributed by atoms with E-state index in [2.05, 4.69) is 25.5 Å². The van der Waals surface area contributed by atoms with Crippen LogP contribution in [0.1, 0.15) is 16.8 Å². The van der Waals surface area contributed by atoms with Gasteiger partial charge in [0.25, 0.3) is 5.91 Å². The molecule has 3 aromatic carbocycles. The first-order valence-electron chi connectivity index (χ1n) is 15.2. The van der Waals surface area contributed by atoms with E-state index in [4.69, 9.17) is 20.4 Å². The van der Waals surface area contributed by atoms with Gasteiger partial charge in [0.15, 0.2) is 5.82 Å². The number of rotatable bonds is 6. The van der Waals surface area contributed by atoms with Crippen molar-refractivity contribution in [2.24, 2.45) is 5.73 Å². The second-order valence-electron chi connectivity index (χ2n) is 11.4. The summed E-state index contributed by atoms with van der Waals surface area (Å²) in [5.74, 6) is 1.39. The number of nitrogens with one attached hydrogen (secondary N) is 2. The Morgan fingerprint density at radius 1 is 0.804 bits per heavy atom. The van der Waals surface area contributed by atoms with Crippen molar-refractivity contribution in [3.8, 4) is 22.5 Å². The van der Waals surface area contributed by atoms with Crippen molar-refractivity contribution in [3.63, 3.8) is 0 Å². The van der Waals surface area contributed by atoms with E-state index in [0.29, 0.717) is 49.1 Å². The molecule has 3 amide bonds. The van der Waals surface area contributed by atoms with Crippen LogP contribution in [0.5, 0.6) is 0 Å². The van der Waals surface area contributed by atoms with Crippen LogP contribution in [0.2, 0.25) is 0 Å². The van der Waals surface area contributed by atoms with E-state index >= 15 is 0 Å². The number of hydrogen-bond acceptors (Lipinski definition) is 9. The van der Waals surface area contributed by atoms with Gasteiger partial charge in [-0.2, -0.15) is 0 Å². The SMILES string of the molecule is N[C@H]1CCN(C(=O)c2ccc(NC(=O)Nc3ccc(-c4nc(N5CCOCC5)c5ccc(-c6cncnc6)cc5n4)cc3)cc2)C1. The van der Waals surface area contributed by atoms with Crippen molar-refractivity contribution >= 4 is 40.0 Å². The molecule has 7 rings (SSSR count). The largest absolute Gasteiger partial charge is 0.378 e. The second kappa shape index (κ2) is 12.9. The Labute approximate surface area is 265 Å². The van der Waals surface area contributed by atoms with Crippen LogP contribution in [-0.2, 0) is 4.74 Å². The molecule has 0 unspecified atom stereocenters. The van der Waals surface area contributed by atoms with Gasteiger partial charge in [0.1, 0.15) is 12.1 Å². The molecular weight excluding hydrogens is 582 g/mol. The molecule has 4 N–H and O–H groups in total. The number of nitrogens with two attached hydrogens (primary N) is 1. The monoisotopic (exact) mass is 615 g/mol. The van der Waals surface area contributed by atoms with Crippen molar-refractivity contribution < 1.29 is 14.3 Å². The van der Waals surface area contributed by atoms with Crippen molar-refractivity contribution in [1.82, 2.24) is 24.8 Å². The molecule has 0 saturated carbocycles. The predicted octanol–water partition coefficient (Wildman–Crippen LogP) is 4.41. The highest BCUT2D eigenvalue weighted by Crippen LogP contribution is 2.31. The molecule has 232 valence electrons. The molecule has 4 heterocycles. The number of amides is 3. The summed E-state index contributed by atoms with van der Waals surface area (Å²) in [7, 11) is 0. The number of benzene rings is 3. The van der Waals surface area contributed by atoms with Gasteiger partial charge in [0, 0.05) is 78.1 Å². The predicted molar refractivity (Wildman–Crippen MR) is 177 cm³/mol. The van der Waals surface area contributed by atoms with Crippen LogP contribution in [0, 0.1) is 0 Å². The van der Waals surface area contributed by atoms with Crippen molar-refractivity contribution in [2.75, 3.05) is 54.9 Å². The van der Waals surface area contributed by atoms with Crippen molar-refractivity contribution in [2.45, 2.75) is 12.5 Å². The zero-order valence-electron chi connectivity index (χ0n) is 25.1. The first-order chi connectivity index (χ1) is 22.5. The summed E-state index contributed by atoms with van der Waals surface area (Å²) in [5, 5.41) is 6.64. The lowest BCUT2D eigenvalue weighted by Gasteiger charge is -2.29. The van der Waals surface area contributed by atoms with Gasteiger partial charge in [-0.1, -0.05) is 6.07 Å². The lowest BCUT2D eigenvalue weighted by atomic mass is 10.1. The van der Waals surface area contributed by atoms with E-state index < -0.39 is 6.03 Å². The number of morpholine rings is 1. The minimum atomic E-state index is -0.397. The molecule has 5 aromatic rings. The van der Waals surface area contributed by atoms with Gasteiger partial charge in [-0.15, -0.1) is 0 Å². The normalized spacial score (nSPS) is 16.4. The summed E-state index contributed by atoms with van der Waals surface area (Å²) in [6, 6.07) is 20.0. The Morgan fingerprint density at radius 2 is 1.48 bits per heavy atom. The minimum absolute atomic E-state index is 0.0272. The standard InChI is InChI=1S/C34H33N9O3/c35-26-11-12-43(20-26)33(44)23-3-8-28(9-4-23)39-34(45)38-27-6-1-22(2-7-27)31-40-30-17-24(25-18-36-21-37-19-25)5-10-29(30)32(41-31)42-13-15-46-16-14-42/h1-10,17-19,21,26H,11-16,20,35H2,(H2,38,39,45)/t26-/m0/s1. The van der Waals surface area contributed by atoms with E-state index in [1.54, 1.807) is 41.6 Å². The molecule has 0 bridgehead atoms. The summed E-state index contributed by atoms with van der Waals surface area (Å²) in [6.07, 6.45) is 5.88. The molecule has 0 aliphatic carbocycles. The zero-order valence-corrected chi connectivity index (χ0v) is 25.1. The highest BCUT2D eigenvalue weighted by Gasteiger charge is 2.24. The summed E-state index contributed by atoms with van der Waals surface area (Å²) in [5.41, 5.74) is 11.2. The number of ether oxygens (including phenoxy) is 1. The van der Waals surface area contributed by atoms with Gasteiger partial charge < -0.3 is 30.9 Å². The molecular formula is C34H33N9O3. The number of aromatic nitrogens is 4. The highest BCUT2D eigenvalue weighted by atomic mass is 16.5. The molecule has 12 nitrogen and oxygen atoms in total. The summed E-state index contributed by atoms with van der Waals surface area (Å²) >= 11 is 0. The average Bonchev–Trinajstić information content (AvgIpc) is 3.54. The zero-order chi connectivity index (χ0) is 31.5. The molecule has 12 heteroatoms. The summed E-state index contributed by atoms with van der Waals surface area (Å²) in [4.78, 5) is 47.7. The van der Waals surface area contributed by atoms with Crippen LogP contribution >= 0.6 is 0 Å². The Kier molecular flexibility index (Phi) is 8.19. The van der Waals surface area contributed by atoms with Crippen LogP contribution in [-0.4, -0.2) is 82.2 Å². The molecule has 2 fully saturated rings. The third-order valence-corrected chi connectivity index (χ3v) is 8.18. The summed E-state index contributed by atoms with van der Waals surface area (Å²) < 4.78 is 5.59. The number of urea groups is 1. The van der Waals surface area contributed by atoms with E-state index in [1.165, 1.54) is 6.33 Å². The van der Waals surface area contributed by atoms with Crippen molar-refractivity contribution in [1.29, 1.82) is 0 Å². The molecule has 2 saturated heterocycles. The third-order valence-electron chi connectivity index (χ3n) is 8.18. The fourth-order valence-corrected chi connectivity index (χ4v) is 5.73. The van der Waals surface area contributed by atoms with E-state index in [9.17, 15) is 9.59 Å². The lowest BCUT2D eigenvalue weighted by molar-refractivity contribution is 0.0791. The van der Waals surface area contributed by atoms with Crippen LogP contribution in [0.3, 0.4) is 0 Å². The minimum Gasteiger partial charge on any atom is -0.378 e. The molecule has 2 aliphatic rings. The topological polar surface area (TPSA) is 151 Å². The van der Waals surface area contributed by atoms with Crippen LogP contribution < -0.4 is 21.3 Å². The van der Waals surface area contributed by atoms with Gasteiger partial charge in [0.05, 0.1) is 18.7 Å². The lowest BCUT2D eigenvalue weighted by Crippen LogP contribution is -2.37.